The number of hydrogen-bond acceptors (Lipinski definition) is 3. The van der Waals surface area contributed by atoms with Gasteiger partial charge in [0.05, 0.1) is 6.17 Å². The van der Waals surface area contributed by atoms with Gasteiger partial charge in [0.15, 0.2) is 0 Å². The number of nitrogens with one attached hydrogen (secondary N) is 1. The number of amides is 1. The monoisotopic (exact) mass is 280 g/mol. The lowest BCUT2D eigenvalue weighted by Crippen LogP contribution is -2.35. The van der Waals surface area contributed by atoms with Crippen LogP contribution in [0.15, 0.2) is 30.3 Å². The molecule has 1 amide bonds. The third-order valence-corrected chi connectivity index (χ3v) is 4.23. The van der Waals surface area contributed by atoms with E-state index in [-0.39, 0.29) is 18.1 Å². The predicted molar refractivity (Wildman–Crippen MR) is 77.0 cm³/mol. The van der Waals surface area contributed by atoms with Crippen LogP contribution in [0.3, 0.4) is 0 Å². The molecule has 19 heavy (non-hydrogen) atoms. The van der Waals surface area contributed by atoms with Gasteiger partial charge in [-0.05, 0) is 18.9 Å². The van der Waals surface area contributed by atoms with Crippen molar-refractivity contribution < 1.29 is 9.00 Å². The minimum absolute atomic E-state index is 0.0306. The topological polar surface area (TPSA) is 49.4 Å². The highest BCUT2D eigenvalue weighted by Crippen LogP contribution is 2.23. The van der Waals surface area contributed by atoms with Crippen LogP contribution >= 0.6 is 0 Å². The fourth-order valence-electron chi connectivity index (χ4n) is 2.39. The summed E-state index contributed by atoms with van der Waals surface area (Å²) in [6.45, 7) is 2.65. The lowest BCUT2D eigenvalue weighted by Gasteiger charge is -2.20. The summed E-state index contributed by atoms with van der Waals surface area (Å²) in [5, 5.41) is 3.31. The summed E-state index contributed by atoms with van der Waals surface area (Å²) in [5.74, 6) is 0.757. The van der Waals surface area contributed by atoms with Crippen molar-refractivity contribution in [3.8, 4) is 0 Å². The number of nitrogens with zero attached hydrogens (tertiary/aromatic N) is 1. The standard InChI is InChI=1S/C14H20N2O2S/c1-11-15-13(12-7-4-3-5-8-12)14(17)16(11)9-6-10-19(2)18/h3-5,7-8,11,13,15H,6,9-10H2,1-2H3. The highest BCUT2D eigenvalue weighted by molar-refractivity contribution is 7.84. The van der Waals surface area contributed by atoms with E-state index in [1.807, 2.05) is 42.2 Å². The third-order valence-electron chi connectivity index (χ3n) is 3.37. The molecule has 5 heteroatoms. The van der Waals surface area contributed by atoms with Gasteiger partial charge in [0, 0.05) is 29.4 Å². The van der Waals surface area contributed by atoms with Crippen LogP contribution in [0.2, 0.25) is 0 Å². The van der Waals surface area contributed by atoms with Gasteiger partial charge in [0.1, 0.15) is 6.04 Å². The maximum Gasteiger partial charge on any atom is 0.245 e. The Kier molecular flexibility index (Phi) is 4.71. The Morgan fingerprint density at radius 2 is 2.00 bits per heavy atom. The normalized spacial score (nSPS) is 24.7. The molecule has 1 heterocycles. The van der Waals surface area contributed by atoms with Gasteiger partial charge in [-0.1, -0.05) is 30.3 Å². The van der Waals surface area contributed by atoms with Gasteiger partial charge in [0.25, 0.3) is 0 Å². The van der Waals surface area contributed by atoms with Crippen molar-refractivity contribution in [2.45, 2.75) is 25.6 Å². The zero-order chi connectivity index (χ0) is 13.8. The molecule has 1 fully saturated rings. The molecule has 0 spiro atoms. The molecular weight excluding hydrogens is 260 g/mol. The van der Waals surface area contributed by atoms with E-state index >= 15 is 0 Å². The zero-order valence-electron chi connectivity index (χ0n) is 11.3. The first-order chi connectivity index (χ1) is 9.09. The SMILES string of the molecule is CC1NC(c2ccccc2)C(=O)N1CCCS(C)=O. The Morgan fingerprint density at radius 1 is 1.32 bits per heavy atom. The maximum atomic E-state index is 12.4. The largest absolute Gasteiger partial charge is 0.326 e. The first kappa shape index (κ1) is 14.2. The second-order valence-corrected chi connectivity index (χ2v) is 6.40. The van der Waals surface area contributed by atoms with Crippen molar-refractivity contribution >= 4 is 16.7 Å². The Bertz CT molecular complexity index is 464. The zero-order valence-corrected chi connectivity index (χ0v) is 12.2. The van der Waals surface area contributed by atoms with Crippen molar-refractivity contribution in [3.05, 3.63) is 35.9 Å². The van der Waals surface area contributed by atoms with E-state index in [2.05, 4.69) is 5.32 Å². The Hall–Kier alpha value is -1.20. The third kappa shape index (κ3) is 3.42. The van der Waals surface area contributed by atoms with Crippen LogP contribution in [0.25, 0.3) is 0 Å². The number of carbonyl (C=O) groups excluding carboxylic acids is 1. The molecule has 1 aliphatic rings. The number of rotatable bonds is 5. The van der Waals surface area contributed by atoms with Crippen molar-refractivity contribution in [3.63, 3.8) is 0 Å². The summed E-state index contributed by atoms with van der Waals surface area (Å²) >= 11 is 0. The molecule has 1 N–H and O–H groups in total. The molecule has 3 atom stereocenters. The molecule has 0 aromatic heterocycles. The first-order valence-corrected chi connectivity index (χ1v) is 8.24. The van der Waals surface area contributed by atoms with E-state index in [0.717, 1.165) is 12.0 Å². The molecule has 0 aliphatic carbocycles. The average molecular weight is 280 g/mol. The van der Waals surface area contributed by atoms with Crippen molar-refractivity contribution in [2.24, 2.45) is 0 Å². The second kappa shape index (κ2) is 6.30. The molecule has 3 unspecified atom stereocenters. The molecule has 4 nitrogen and oxygen atoms in total. The van der Waals surface area contributed by atoms with Gasteiger partial charge < -0.3 is 4.90 Å². The lowest BCUT2D eigenvalue weighted by molar-refractivity contribution is -0.129. The summed E-state index contributed by atoms with van der Waals surface area (Å²) in [4.78, 5) is 14.2. The van der Waals surface area contributed by atoms with Crippen LogP contribution in [0.1, 0.15) is 24.9 Å². The van der Waals surface area contributed by atoms with Crippen molar-refractivity contribution in [1.29, 1.82) is 0 Å². The molecule has 0 saturated carbocycles. The Balaban J connectivity index is 2.00. The molecule has 1 aliphatic heterocycles. The van der Waals surface area contributed by atoms with Gasteiger partial charge in [-0.25, -0.2) is 0 Å². The van der Waals surface area contributed by atoms with Crippen LogP contribution < -0.4 is 5.32 Å². The highest BCUT2D eigenvalue weighted by Gasteiger charge is 2.36. The average Bonchev–Trinajstić information content (AvgIpc) is 2.67. The molecule has 104 valence electrons. The predicted octanol–water partition coefficient (Wildman–Crippen LogP) is 1.27. The highest BCUT2D eigenvalue weighted by atomic mass is 32.2. The van der Waals surface area contributed by atoms with Crippen LogP contribution in [0.5, 0.6) is 0 Å². The molecule has 1 aromatic carbocycles. The van der Waals surface area contributed by atoms with Crippen molar-refractivity contribution in [1.82, 2.24) is 10.2 Å². The molecule has 0 bridgehead atoms. The van der Waals surface area contributed by atoms with Crippen molar-refractivity contribution in [2.75, 3.05) is 18.6 Å². The molecule has 0 radical (unpaired) electrons. The van der Waals surface area contributed by atoms with E-state index in [1.54, 1.807) is 6.26 Å². The summed E-state index contributed by atoms with van der Waals surface area (Å²) in [6, 6.07) is 9.51. The van der Waals surface area contributed by atoms with E-state index in [0.29, 0.717) is 12.3 Å². The second-order valence-electron chi connectivity index (χ2n) is 4.85. The Labute approximate surface area is 116 Å². The summed E-state index contributed by atoms with van der Waals surface area (Å²) in [7, 11) is -0.791. The van der Waals surface area contributed by atoms with Gasteiger partial charge in [-0.3, -0.25) is 14.3 Å². The number of carbonyl (C=O) groups is 1. The van der Waals surface area contributed by atoms with Gasteiger partial charge in [-0.2, -0.15) is 0 Å². The van der Waals surface area contributed by atoms with Crippen LogP contribution in [0.4, 0.5) is 0 Å². The summed E-state index contributed by atoms with van der Waals surface area (Å²) in [6.07, 6.45) is 2.51. The minimum atomic E-state index is -0.791. The summed E-state index contributed by atoms with van der Waals surface area (Å²) in [5.41, 5.74) is 1.00. The quantitative estimate of drug-likeness (QED) is 0.884. The number of hydrogen-bond donors (Lipinski definition) is 1. The Morgan fingerprint density at radius 3 is 2.63 bits per heavy atom. The smallest absolute Gasteiger partial charge is 0.245 e. The lowest BCUT2D eigenvalue weighted by atomic mass is 10.1. The maximum absolute atomic E-state index is 12.4. The van der Waals surface area contributed by atoms with Gasteiger partial charge >= 0.3 is 0 Å². The van der Waals surface area contributed by atoms with Gasteiger partial charge in [0.2, 0.25) is 5.91 Å². The first-order valence-electron chi connectivity index (χ1n) is 6.51. The van der Waals surface area contributed by atoms with E-state index in [9.17, 15) is 9.00 Å². The van der Waals surface area contributed by atoms with E-state index < -0.39 is 10.8 Å². The molecule has 2 rings (SSSR count). The molecular formula is C14H20N2O2S. The van der Waals surface area contributed by atoms with Crippen LogP contribution in [-0.2, 0) is 15.6 Å². The molecule has 1 saturated heterocycles. The number of benzene rings is 1. The van der Waals surface area contributed by atoms with E-state index in [1.165, 1.54) is 0 Å². The fourth-order valence-corrected chi connectivity index (χ4v) is 2.92. The fraction of sp³-hybridized carbons (Fsp3) is 0.500. The van der Waals surface area contributed by atoms with E-state index in [4.69, 9.17) is 0 Å². The molecule has 1 aromatic rings. The minimum Gasteiger partial charge on any atom is -0.326 e. The van der Waals surface area contributed by atoms with Crippen LogP contribution in [-0.4, -0.2) is 39.7 Å². The van der Waals surface area contributed by atoms with Crippen LogP contribution in [0, 0.1) is 0 Å². The summed E-state index contributed by atoms with van der Waals surface area (Å²) < 4.78 is 11.1. The van der Waals surface area contributed by atoms with Gasteiger partial charge in [-0.15, -0.1) is 0 Å².